The molecule has 0 amide bonds. The number of halogens is 3. The van der Waals surface area contributed by atoms with E-state index in [9.17, 15) is 8.78 Å². The quantitative estimate of drug-likeness (QED) is 0.851. The fourth-order valence-corrected chi connectivity index (χ4v) is 1.76. The summed E-state index contributed by atoms with van der Waals surface area (Å²) >= 11 is 5.74. The van der Waals surface area contributed by atoms with Crippen molar-refractivity contribution in [2.45, 2.75) is 6.43 Å². The molecule has 1 aromatic carbocycles. The van der Waals surface area contributed by atoms with Crippen LogP contribution in [-0.4, -0.2) is 10.2 Å². The summed E-state index contributed by atoms with van der Waals surface area (Å²) in [5, 5.41) is 6.20. The van der Waals surface area contributed by atoms with E-state index in [0.717, 1.165) is 0 Å². The zero-order chi connectivity index (χ0) is 11.7. The van der Waals surface area contributed by atoms with Crippen LogP contribution < -0.4 is 5.73 Å². The number of rotatable bonds is 2. The third kappa shape index (κ3) is 1.74. The van der Waals surface area contributed by atoms with E-state index in [-0.39, 0.29) is 16.4 Å². The van der Waals surface area contributed by atoms with Crippen LogP contribution in [0.25, 0.3) is 11.1 Å². The highest BCUT2D eigenvalue weighted by atomic mass is 35.5. The van der Waals surface area contributed by atoms with Gasteiger partial charge in [0.1, 0.15) is 5.82 Å². The average molecular weight is 244 g/mol. The summed E-state index contributed by atoms with van der Waals surface area (Å²) in [6.07, 6.45) is -1.26. The van der Waals surface area contributed by atoms with Gasteiger partial charge in [-0.2, -0.15) is 5.10 Å². The maximum absolute atomic E-state index is 12.9. The molecule has 84 valence electrons. The number of benzene rings is 1. The Labute approximate surface area is 95.2 Å². The molecule has 0 aliphatic rings. The normalized spacial score (nSPS) is 11.0. The first-order valence-corrected chi connectivity index (χ1v) is 4.85. The SMILES string of the molecule is Nc1[nH]ncc1-c1cccc(Cl)c1C(F)F. The number of hydrogen-bond donors (Lipinski definition) is 2. The Hall–Kier alpha value is -1.62. The molecule has 0 radical (unpaired) electrons. The van der Waals surface area contributed by atoms with Gasteiger partial charge in [0, 0.05) is 11.1 Å². The van der Waals surface area contributed by atoms with Gasteiger partial charge in [-0.1, -0.05) is 23.7 Å². The molecule has 1 heterocycles. The molecule has 6 heteroatoms. The van der Waals surface area contributed by atoms with Gasteiger partial charge in [-0.3, -0.25) is 5.10 Å². The predicted molar refractivity (Wildman–Crippen MR) is 58.4 cm³/mol. The molecule has 0 unspecified atom stereocenters. The maximum Gasteiger partial charge on any atom is 0.265 e. The average Bonchev–Trinajstić information content (AvgIpc) is 2.63. The Morgan fingerprint density at radius 2 is 2.06 bits per heavy atom. The van der Waals surface area contributed by atoms with E-state index < -0.39 is 6.43 Å². The summed E-state index contributed by atoms with van der Waals surface area (Å²) in [6.45, 7) is 0. The van der Waals surface area contributed by atoms with Gasteiger partial charge in [-0.25, -0.2) is 8.78 Å². The molecule has 0 spiro atoms. The second kappa shape index (κ2) is 4.09. The number of nitrogens with two attached hydrogens (primary N) is 1. The highest BCUT2D eigenvalue weighted by Gasteiger charge is 2.19. The molecule has 2 rings (SSSR count). The van der Waals surface area contributed by atoms with E-state index in [2.05, 4.69) is 10.2 Å². The predicted octanol–water partition coefficient (Wildman–Crippen LogP) is 3.25. The molecular weight excluding hydrogens is 236 g/mol. The van der Waals surface area contributed by atoms with Gasteiger partial charge >= 0.3 is 0 Å². The second-order valence-electron chi connectivity index (χ2n) is 3.20. The van der Waals surface area contributed by atoms with Crippen molar-refractivity contribution >= 4 is 17.4 Å². The number of H-pyrrole nitrogens is 1. The van der Waals surface area contributed by atoms with Crippen molar-refractivity contribution in [1.29, 1.82) is 0 Å². The standard InChI is InChI=1S/C10H8ClF2N3/c11-7-3-1-2-5(8(7)9(12)13)6-4-15-16-10(6)14/h1-4,9H,(H3,14,15,16). The number of anilines is 1. The highest BCUT2D eigenvalue weighted by Crippen LogP contribution is 2.37. The van der Waals surface area contributed by atoms with Crippen LogP contribution in [0.2, 0.25) is 5.02 Å². The molecule has 3 nitrogen and oxygen atoms in total. The number of aromatic amines is 1. The summed E-state index contributed by atoms with van der Waals surface area (Å²) in [7, 11) is 0. The molecule has 0 aliphatic heterocycles. The first-order chi connectivity index (χ1) is 7.61. The van der Waals surface area contributed by atoms with E-state index in [1.807, 2.05) is 0 Å². The molecule has 16 heavy (non-hydrogen) atoms. The zero-order valence-corrected chi connectivity index (χ0v) is 8.80. The Kier molecular flexibility index (Phi) is 2.78. The molecule has 3 N–H and O–H groups in total. The highest BCUT2D eigenvalue weighted by molar-refractivity contribution is 6.31. The topological polar surface area (TPSA) is 54.7 Å². The van der Waals surface area contributed by atoms with E-state index in [4.69, 9.17) is 17.3 Å². The van der Waals surface area contributed by atoms with Crippen molar-refractivity contribution in [3.05, 3.63) is 35.0 Å². The van der Waals surface area contributed by atoms with Crippen LogP contribution in [0.3, 0.4) is 0 Å². The van der Waals surface area contributed by atoms with E-state index in [0.29, 0.717) is 11.1 Å². The van der Waals surface area contributed by atoms with Gasteiger partial charge < -0.3 is 5.73 Å². The lowest BCUT2D eigenvalue weighted by molar-refractivity contribution is 0.152. The van der Waals surface area contributed by atoms with Crippen LogP contribution in [0, 0.1) is 0 Å². The monoisotopic (exact) mass is 243 g/mol. The summed E-state index contributed by atoms with van der Waals surface area (Å²) in [5.74, 6) is 0.240. The van der Waals surface area contributed by atoms with Crippen molar-refractivity contribution in [2.24, 2.45) is 0 Å². The molecule has 0 saturated carbocycles. The van der Waals surface area contributed by atoms with Crippen LogP contribution in [0.1, 0.15) is 12.0 Å². The van der Waals surface area contributed by atoms with Crippen molar-refractivity contribution in [1.82, 2.24) is 10.2 Å². The summed E-state index contributed by atoms with van der Waals surface area (Å²) in [4.78, 5) is 0. The number of nitrogen functional groups attached to an aromatic ring is 1. The molecule has 0 saturated heterocycles. The first-order valence-electron chi connectivity index (χ1n) is 4.47. The van der Waals surface area contributed by atoms with E-state index in [1.54, 1.807) is 6.07 Å². The summed E-state index contributed by atoms with van der Waals surface area (Å²) < 4.78 is 25.7. The van der Waals surface area contributed by atoms with Crippen LogP contribution in [0.5, 0.6) is 0 Å². The third-order valence-electron chi connectivity index (χ3n) is 2.23. The number of hydrogen-bond acceptors (Lipinski definition) is 2. The van der Waals surface area contributed by atoms with Crippen molar-refractivity contribution in [3.8, 4) is 11.1 Å². The number of nitrogens with one attached hydrogen (secondary N) is 1. The fourth-order valence-electron chi connectivity index (χ4n) is 1.50. The Morgan fingerprint density at radius 1 is 1.31 bits per heavy atom. The van der Waals surface area contributed by atoms with Gasteiger partial charge in [-0.15, -0.1) is 0 Å². The molecule has 0 bridgehead atoms. The molecule has 0 fully saturated rings. The van der Waals surface area contributed by atoms with Gasteiger partial charge in [0.2, 0.25) is 0 Å². The Morgan fingerprint density at radius 3 is 2.62 bits per heavy atom. The van der Waals surface area contributed by atoms with Gasteiger partial charge in [-0.05, 0) is 11.6 Å². The van der Waals surface area contributed by atoms with Crippen molar-refractivity contribution < 1.29 is 8.78 Å². The maximum atomic E-state index is 12.9. The lowest BCUT2D eigenvalue weighted by atomic mass is 10.0. The smallest absolute Gasteiger partial charge is 0.265 e. The summed E-state index contributed by atoms with van der Waals surface area (Å²) in [5.41, 5.74) is 6.09. The van der Waals surface area contributed by atoms with E-state index in [1.165, 1.54) is 18.3 Å². The van der Waals surface area contributed by atoms with Gasteiger partial charge in [0.15, 0.2) is 0 Å². The van der Waals surface area contributed by atoms with Crippen LogP contribution in [0.4, 0.5) is 14.6 Å². The van der Waals surface area contributed by atoms with Crippen LogP contribution in [-0.2, 0) is 0 Å². The molecule has 2 aromatic rings. The number of alkyl halides is 2. The van der Waals surface area contributed by atoms with Crippen LogP contribution >= 0.6 is 11.6 Å². The lowest BCUT2D eigenvalue weighted by Gasteiger charge is -2.09. The fraction of sp³-hybridized carbons (Fsp3) is 0.100. The first kappa shape index (κ1) is 10.9. The minimum atomic E-state index is -2.65. The lowest BCUT2D eigenvalue weighted by Crippen LogP contribution is -1.94. The van der Waals surface area contributed by atoms with E-state index >= 15 is 0 Å². The summed E-state index contributed by atoms with van der Waals surface area (Å²) in [6, 6.07) is 4.55. The van der Waals surface area contributed by atoms with Crippen molar-refractivity contribution in [3.63, 3.8) is 0 Å². The second-order valence-corrected chi connectivity index (χ2v) is 3.61. The molecule has 1 aromatic heterocycles. The molecular formula is C10H8ClF2N3. The largest absolute Gasteiger partial charge is 0.384 e. The van der Waals surface area contributed by atoms with Gasteiger partial charge in [0.25, 0.3) is 6.43 Å². The van der Waals surface area contributed by atoms with Crippen LogP contribution in [0.15, 0.2) is 24.4 Å². The Bertz CT molecular complexity index is 511. The van der Waals surface area contributed by atoms with Gasteiger partial charge in [0.05, 0.1) is 11.2 Å². The van der Waals surface area contributed by atoms with Crippen molar-refractivity contribution in [2.75, 3.05) is 5.73 Å². The number of nitrogens with zero attached hydrogens (tertiary/aromatic N) is 1. The minimum Gasteiger partial charge on any atom is -0.384 e. The number of aromatic nitrogens is 2. The zero-order valence-electron chi connectivity index (χ0n) is 8.05. The molecule has 0 atom stereocenters. The molecule has 0 aliphatic carbocycles. The Balaban J connectivity index is 2.66. The third-order valence-corrected chi connectivity index (χ3v) is 2.56. The minimum absolute atomic E-state index is 0.0214.